The number of carbonyl (C=O) groups excluding carboxylic acids is 2. The summed E-state index contributed by atoms with van der Waals surface area (Å²) in [6, 6.07) is 1.61. The number of aldehydes is 1. The zero-order chi connectivity index (χ0) is 31.3. The number of amidine groups is 1. The number of methoxy groups -OCH3 is 1. The predicted molar refractivity (Wildman–Crippen MR) is 153 cm³/mol. The number of aromatic nitrogens is 2. The molecule has 6 rings (SSSR count). The van der Waals surface area contributed by atoms with E-state index in [1.807, 2.05) is 0 Å². The summed E-state index contributed by atoms with van der Waals surface area (Å²) in [4.78, 5) is 42.4. The third-order valence-corrected chi connectivity index (χ3v) is 7.56. The van der Waals surface area contributed by atoms with Gasteiger partial charge in [0.1, 0.15) is 23.4 Å². The maximum Gasteiger partial charge on any atom is 0.375 e. The molecule has 15 heteroatoms. The molecule has 0 spiro atoms. The highest BCUT2D eigenvalue weighted by Crippen LogP contribution is 2.51. The third kappa shape index (κ3) is 4.75. The number of aliphatic imine (C=N–C) groups is 3. The summed E-state index contributed by atoms with van der Waals surface area (Å²) >= 11 is 0. The van der Waals surface area contributed by atoms with Gasteiger partial charge in [0.15, 0.2) is 18.7 Å². The lowest BCUT2D eigenvalue weighted by molar-refractivity contribution is -0.730. The number of hydrogen-bond acceptors (Lipinski definition) is 11. The van der Waals surface area contributed by atoms with Gasteiger partial charge < -0.3 is 29.2 Å². The standard InChI is InChI=1S/C29H29N7O8/c1-5-42-26(39)23-16(12-37)14(20-18(44-23)11-17-15(22(20)41-4)10-19(43-17)29(2,3)40)6-8-35-9-7-31-28(35)36-13-32-21-24(36)33-27(30)34-25(21)38/h6-7,9,11-12,19,40H,5,8,10,13H2,1-4H3,(H2,30,34,38)/t19-/m0/s1. The number of hydrogen-bond donors (Lipinski definition) is 3. The van der Waals surface area contributed by atoms with Crippen LogP contribution in [0.15, 0.2) is 50.8 Å². The highest BCUT2D eigenvalue weighted by molar-refractivity contribution is 6.66. The first-order valence-corrected chi connectivity index (χ1v) is 13.8. The number of carbonyl (C=O) groups is 2. The molecule has 4 aliphatic heterocycles. The van der Waals surface area contributed by atoms with Crippen molar-refractivity contribution in [2.45, 2.75) is 45.4 Å². The molecule has 0 amide bonds. The molecule has 2 aromatic rings. The van der Waals surface area contributed by atoms with Crippen LogP contribution in [0.4, 0.5) is 5.95 Å². The van der Waals surface area contributed by atoms with Gasteiger partial charge in [-0.2, -0.15) is 9.98 Å². The highest BCUT2D eigenvalue weighted by Gasteiger charge is 2.41. The van der Waals surface area contributed by atoms with Gasteiger partial charge in [0.2, 0.25) is 11.7 Å². The Morgan fingerprint density at radius 1 is 1.34 bits per heavy atom. The van der Waals surface area contributed by atoms with Crippen molar-refractivity contribution in [1.82, 2.24) is 9.55 Å². The van der Waals surface area contributed by atoms with E-state index in [0.29, 0.717) is 51.8 Å². The second kappa shape index (κ2) is 10.8. The Balaban J connectivity index is 1.44. The van der Waals surface area contributed by atoms with Crippen molar-refractivity contribution in [3.8, 4) is 17.2 Å². The highest BCUT2D eigenvalue weighted by atomic mass is 16.6. The van der Waals surface area contributed by atoms with E-state index in [-0.39, 0.29) is 48.4 Å². The number of fused-ring (bicyclic) bond motifs is 3. The van der Waals surface area contributed by atoms with E-state index < -0.39 is 29.5 Å². The van der Waals surface area contributed by atoms with E-state index in [2.05, 4.69) is 20.0 Å². The number of nitrogens with zero attached hydrogens (tertiary/aromatic N) is 5. The van der Waals surface area contributed by atoms with Crippen LogP contribution in [-0.4, -0.2) is 82.4 Å². The Morgan fingerprint density at radius 2 is 2.14 bits per heavy atom. The van der Waals surface area contributed by atoms with Crippen molar-refractivity contribution in [2.75, 3.05) is 20.4 Å². The number of allylic oxidation sites excluding steroid dienone is 3. The molecule has 2 atom stereocenters. The first-order chi connectivity index (χ1) is 21.0. The minimum absolute atomic E-state index is 0.0368. The first-order valence-electron chi connectivity index (χ1n) is 13.8. The minimum Gasteiger partial charge on any atom is -0.857 e. The zero-order valence-corrected chi connectivity index (χ0v) is 24.3. The van der Waals surface area contributed by atoms with Gasteiger partial charge in [-0.15, -0.1) is 0 Å². The van der Waals surface area contributed by atoms with Crippen molar-refractivity contribution < 1.29 is 43.6 Å². The fourth-order valence-electron chi connectivity index (χ4n) is 5.50. The summed E-state index contributed by atoms with van der Waals surface area (Å²) in [5.74, 6) is -0.416. The van der Waals surface area contributed by atoms with Gasteiger partial charge in [-0.05, 0) is 20.8 Å². The molecule has 44 heavy (non-hydrogen) atoms. The molecule has 3 N–H and O–H groups in total. The Hall–Kier alpha value is -5.15. The summed E-state index contributed by atoms with van der Waals surface area (Å²) in [5.41, 5.74) is 0.350. The van der Waals surface area contributed by atoms with Crippen LogP contribution in [0.25, 0.3) is 5.57 Å². The fraction of sp³-hybridized carbons (Fsp3) is 0.345. The molecule has 228 valence electrons. The maximum absolute atomic E-state index is 13.0. The molecule has 15 nitrogen and oxygen atoms in total. The molecule has 1 unspecified atom stereocenters. The molecule has 1 aromatic heterocycles. The van der Waals surface area contributed by atoms with Gasteiger partial charge in [0.05, 0.1) is 36.7 Å². The Labute approximate surface area is 251 Å². The molecule has 0 radical (unpaired) electrons. The summed E-state index contributed by atoms with van der Waals surface area (Å²) in [6.45, 7) is 5.28. The van der Waals surface area contributed by atoms with Crippen molar-refractivity contribution in [2.24, 2.45) is 15.0 Å². The molecule has 0 fully saturated rings. The molecule has 5 heterocycles. The first kappa shape index (κ1) is 28.9. The van der Waals surface area contributed by atoms with Crippen LogP contribution in [0.1, 0.15) is 31.9 Å². The number of esters is 1. The number of nitrogens with one attached hydrogen (secondary N) is 2. The number of quaternary nitrogens is 1. The number of imidazole rings is 1. The van der Waals surface area contributed by atoms with E-state index in [4.69, 9.17) is 24.4 Å². The third-order valence-electron chi connectivity index (χ3n) is 7.56. The Morgan fingerprint density at radius 3 is 2.84 bits per heavy atom. The van der Waals surface area contributed by atoms with Crippen molar-refractivity contribution in [3.05, 3.63) is 47.0 Å². The van der Waals surface area contributed by atoms with Gasteiger partial charge in [-0.25, -0.2) is 19.7 Å². The molecule has 0 bridgehead atoms. The average molecular weight is 604 g/mol. The van der Waals surface area contributed by atoms with Crippen LogP contribution in [0.2, 0.25) is 0 Å². The van der Waals surface area contributed by atoms with E-state index in [9.17, 15) is 19.8 Å². The van der Waals surface area contributed by atoms with E-state index in [1.165, 1.54) is 7.11 Å². The fourth-order valence-corrected chi connectivity index (χ4v) is 5.50. The van der Waals surface area contributed by atoms with Gasteiger partial charge >= 0.3 is 11.9 Å². The lowest BCUT2D eigenvalue weighted by Crippen LogP contribution is -3.10. The van der Waals surface area contributed by atoms with E-state index in [0.717, 1.165) is 0 Å². The summed E-state index contributed by atoms with van der Waals surface area (Å²) < 4.78 is 24.8. The number of ether oxygens (including phenoxy) is 4. The number of rotatable bonds is 8. The molecule has 1 aromatic carbocycles. The average Bonchev–Trinajstić information content (AvgIpc) is 3.72. The van der Waals surface area contributed by atoms with E-state index >= 15 is 0 Å². The van der Waals surface area contributed by atoms with Crippen LogP contribution < -0.4 is 24.2 Å². The van der Waals surface area contributed by atoms with Crippen LogP contribution in [0, 0.1) is 5.41 Å². The van der Waals surface area contributed by atoms with Crippen molar-refractivity contribution in [1.29, 1.82) is 5.41 Å². The number of benzene rings is 1. The normalized spacial score (nSPS) is 21.4. The lowest BCUT2D eigenvalue weighted by atomic mass is 9.89. The Kier molecular flexibility index (Phi) is 7.13. The van der Waals surface area contributed by atoms with Crippen molar-refractivity contribution >= 4 is 47.2 Å². The van der Waals surface area contributed by atoms with Gasteiger partial charge in [-0.1, -0.05) is 6.08 Å². The number of aliphatic hydroxyl groups is 1. The molecular weight excluding hydrogens is 574 g/mol. The van der Waals surface area contributed by atoms with Gasteiger partial charge in [-0.3, -0.25) is 14.8 Å². The molecule has 4 aliphatic rings. The van der Waals surface area contributed by atoms with Gasteiger partial charge in [0.25, 0.3) is 5.84 Å². The monoisotopic (exact) mass is 603 g/mol. The quantitative estimate of drug-likeness (QED) is 0.263. The van der Waals surface area contributed by atoms with Crippen LogP contribution in [0.3, 0.4) is 0 Å². The van der Waals surface area contributed by atoms with Crippen LogP contribution in [-0.2, 0) is 27.3 Å². The van der Waals surface area contributed by atoms with Crippen LogP contribution >= 0.6 is 0 Å². The summed E-state index contributed by atoms with van der Waals surface area (Å²) in [6.07, 6.45) is 5.30. The second-order valence-corrected chi connectivity index (χ2v) is 10.8. The largest absolute Gasteiger partial charge is 0.857 e. The predicted octanol–water partition coefficient (Wildman–Crippen LogP) is -0.508. The molecule has 0 saturated carbocycles. The van der Waals surface area contributed by atoms with Crippen molar-refractivity contribution in [3.63, 3.8) is 0 Å². The topological polar surface area (TPSA) is 198 Å². The molecule has 0 aliphatic carbocycles. The molecule has 0 saturated heterocycles. The van der Waals surface area contributed by atoms with Gasteiger partial charge in [0, 0.05) is 42.3 Å². The SMILES string of the molecule is CCOC(=O)C1=C(C=O)C(=CCn2ccnc2[NH+]2CN=C3C([O-])=NC(=N)N=C32)c2c(cc3c(c2OC)C[C@@H](C(C)(C)O)O3)O1. The Bertz CT molecular complexity index is 1760. The number of guanidine groups is 1. The van der Waals surface area contributed by atoms with E-state index in [1.54, 1.807) is 49.9 Å². The minimum atomic E-state index is -1.16. The summed E-state index contributed by atoms with van der Waals surface area (Å²) in [7, 11) is 1.48. The second-order valence-electron chi connectivity index (χ2n) is 10.8. The maximum atomic E-state index is 13.0. The summed E-state index contributed by atoms with van der Waals surface area (Å²) in [5, 5.41) is 30.7. The molecular formula is C29H29N7O8. The lowest BCUT2D eigenvalue weighted by Gasteiger charge is -2.26. The van der Waals surface area contributed by atoms with Crippen LogP contribution in [0.5, 0.6) is 17.2 Å². The smallest absolute Gasteiger partial charge is 0.375 e. The zero-order valence-electron chi connectivity index (χ0n) is 24.3.